The van der Waals surface area contributed by atoms with Crippen LogP contribution in [0.25, 0.3) is 0 Å². The van der Waals surface area contributed by atoms with Crippen LogP contribution in [0.3, 0.4) is 0 Å². The van der Waals surface area contributed by atoms with Crippen LogP contribution in [0.4, 0.5) is 11.6 Å². The fourth-order valence-corrected chi connectivity index (χ4v) is 3.98. The Balaban J connectivity index is 1.37. The number of methoxy groups -OCH3 is 1. The number of hydrogen-bond acceptors (Lipinski definition) is 6. The minimum absolute atomic E-state index is 0.0467. The van der Waals surface area contributed by atoms with Crippen molar-refractivity contribution in [3.8, 4) is 5.75 Å². The molecule has 1 N–H and O–H groups in total. The van der Waals surface area contributed by atoms with Crippen LogP contribution in [-0.2, 0) is 16.1 Å². The van der Waals surface area contributed by atoms with Gasteiger partial charge in [-0.25, -0.2) is 9.97 Å². The number of hydrogen-bond donors (Lipinski definition) is 1. The number of nitrogens with zero attached hydrogens (tertiary/aromatic N) is 4. The molecule has 0 saturated carbocycles. The first-order chi connectivity index (χ1) is 14.5. The molecule has 0 radical (unpaired) electrons. The molecule has 0 aliphatic carbocycles. The fraction of sp³-hybridized carbons (Fsp3) is 0.455. The Morgan fingerprint density at radius 1 is 1.20 bits per heavy atom. The van der Waals surface area contributed by atoms with Crippen LogP contribution in [0, 0.1) is 12.8 Å². The zero-order valence-electron chi connectivity index (χ0n) is 17.4. The number of ether oxygens (including phenoxy) is 1. The van der Waals surface area contributed by atoms with Crippen LogP contribution in [-0.4, -0.2) is 48.5 Å². The molecule has 8 heteroatoms. The lowest BCUT2D eigenvalue weighted by Crippen LogP contribution is -2.33. The van der Waals surface area contributed by atoms with Crippen LogP contribution in [0.2, 0.25) is 0 Å². The number of carbonyl (C=O) groups excluding carboxylic acids is 2. The van der Waals surface area contributed by atoms with Gasteiger partial charge in [0.1, 0.15) is 5.75 Å². The first-order valence-electron chi connectivity index (χ1n) is 10.3. The summed E-state index contributed by atoms with van der Waals surface area (Å²) in [6, 6.07) is 9.18. The number of aryl methyl sites for hydroxylation is 1. The van der Waals surface area contributed by atoms with Crippen LogP contribution in [0.15, 0.2) is 30.3 Å². The van der Waals surface area contributed by atoms with Gasteiger partial charge in [0.25, 0.3) is 0 Å². The molecule has 2 fully saturated rings. The van der Waals surface area contributed by atoms with E-state index in [2.05, 4.69) is 20.2 Å². The number of nitrogens with one attached hydrogen (secondary N) is 1. The molecule has 1 aromatic heterocycles. The van der Waals surface area contributed by atoms with E-state index in [0.717, 1.165) is 54.7 Å². The lowest BCUT2D eigenvalue weighted by atomic mass is 10.1. The summed E-state index contributed by atoms with van der Waals surface area (Å²) in [6.45, 7) is 4.59. The molecule has 4 rings (SSSR count). The van der Waals surface area contributed by atoms with Gasteiger partial charge in [-0.15, -0.1) is 0 Å². The maximum absolute atomic E-state index is 12.7. The van der Waals surface area contributed by atoms with E-state index in [1.165, 1.54) is 0 Å². The van der Waals surface area contributed by atoms with Crippen molar-refractivity contribution in [1.29, 1.82) is 0 Å². The Kier molecular flexibility index (Phi) is 5.83. The van der Waals surface area contributed by atoms with Crippen molar-refractivity contribution < 1.29 is 14.3 Å². The van der Waals surface area contributed by atoms with Gasteiger partial charge in [0, 0.05) is 37.4 Å². The van der Waals surface area contributed by atoms with Crippen molar-refractivity contribution in [2.24, 2.45) is 5.92 Å². The summed E-state index contributed by atoms with van der Waals surface area (Å²) in [4.78, 5) is 38.1. The number of amides is 2. The Morgan fingerprint density at radius 3 is 2.63 bits per heavy atom. The molecule has 2 saturated heterocycles. The van der Waals surface area contributed by atoms with Crippen LogP contribution in [0.1, 0.15) is 30.7 Å². The summed E-state index contributed by atoms with van der Waals surface area (Å²) >= 11 is 0. The standard InChI is InChI=1S/C22H27N5O3/c1-15-11-17(25-22(24-15)26-9-3-4-10-26)13-23-21(29)16-12-20(28)27(14-16)18-5-7-19(30-2)8-6-18/h5-8,11,16H,3-4,9-10,12-14H2,1-2H3,(H,23,29). The van der Waals surface area contributed by atoms with Gasteiger partial charge in [-0.3, -0.25) is 9.59 Å². The van der Waals surface area contributed by atoms with Crippen molar-refractivity contribution in [3.63, 3.8) is 0 Å². The normalized spacial score (nSPS) is 18.7. The molecular weight excluding hydrogens is 382 g/mol. The van der Waals surface area contributed by atoms with Crippen LogP contribution in [0.5, 0.6) is 5.75 Å². The molecule has 1 unspecified atom stereocenters. The van der Waals surface area contributed by atoms with E-state index in [1.54, 1.807) is 12.0 Å². The molecule has 0 spiro atoms. The highest BCUT2D eigenvalue weighted by atomic mass is 16.5. The molecular formula is C22H27N5O3. The minimum Gasteiger partial charge on any atom is -0.497 e. The predicted molar refractivity (Wildman–Crippen MR) is 114 cm³/mol. The minimum atomic E-state index is -0.374. The zero-order chi connectivity index (χ0) is 21.1. The zero-order valence-corrected chi connectivity index (χ0v) is 17.4. The third-order valence-corrected chi connectivity index (χ3v) is 5.61. The van der Waals surface area contributed by atoms with Gasteiger partial charge in [0.2, 0.25) is 17.8 Å². The molecule has 2 aliphatic rings. The molecule has 1 aromatic carbocycles. The highest BCUT2D eigenvalue weighted by Gasteiger charge is 2.35. The molecule has 1 atom stereocenters. The summed E-state index contributed by atoms with van der Waals surface area (Å²) in [6.07, 6.45) is 2.52. The summed E-state index contributed by atoms with van der Waals surface area (Å²) in [5.41, 5.74) is 2.45. The van der Waals surface area contributed by atoms with Crippen molar-refractivity contribution in [2.75, 3.05) is 36.5 Å². The number of carbonyl (C=O) groups is 2. The highest BCUT2D eigenvalue weighted by Crippen LogP contribution is 2.27. The van der Waals surface area contributed by atoms with E-state index >= 15 is 0 Å². The van der Waals surface area contributed by atoms with Gasteiger partial charge in [0.05, 0.1) is 25.3 Å². The third kappa shape index (κ3) is 4.37. The largest absolute Gasteiger partial charge is 0.497 e. The second-order valence-electron chi connectivity index (χ2n) is 7.82. The number of rotatable bonds is 6. The molecule has 30 heavy (non-hydrogen) atoms. The lowest BCUT2D eigenvalue weighted by Gasteiger charge is -2.18. The van der Waals surface area contributed by atoms with Gasteiger partial charge in [-0.1, -0.05) is 0 Å². The third-order valence-electron chi connectivity index (χ3n) is 5.61. The number of benzene rings is 1. The highest BCUT2D eigenvalue weighted by molar-refractivity contribution is 6.00. The van der Waals surface area contributed by atoms with E-state index in [1.807, 2.05) is 37.3 Å². The van der Waals surface area contributed by atoms with Crippen molar-refractivity contribution in [2.45, 2.75) is 32.7 Å². The number of aromatic nitrogens is 2. The summed E-state index contributed by atoms with van der Waals surface area (Å²) < 4.78 is 5.16. The number of anilines is 2. The molecule has 2 aliphatic heterocycles. The topological polar surface area (TPSA) is 87.7 Å². The van der Waals surface area contributed by atoms with Gasteiger partial charge in [0.15, 0.2) is 0 Å². The molecule has 3 heterocycles. The Bertz CT molecular complexity index is 925. The van der Waals surface area contributed by atoms with Crippen molar-refractivity contribution in [1.82, 2.24) is 15.3 Å². The van der Waals surface area contributed by atoms with E-state index in [0.29, 0.717) is 13.1 Å². The second-order valence-corrected chi connectivity index (χ2v) is 7.82. The average Bonchev–Trinajstić information content (AvgIpc) is 3.42. The second kappa shape index (κ2) is 8.69. The maximum atomic E-state index is 12.7. The van der Waals surface area contributed by atoms with Gasteiger partial charge in [-0.05, 0) is 50.1 Å². The fourth-order valence-electron chi connectivity index (χ4n) is 3.98. The Hall–Kier alpha value is -3.16. The molecule has 2 aromatic rings. The first kappa shape index (κ1) is 20.1. The Morgan fingerprint density at radius 2 is 1.93 bits per heavy atom. The smallest absolute Gasteiger partial charge is 0.227 e. The van der Waals surface area contributed by atoms with Gasteiger partial charge >= 0.3 is 0 Å². The molecule has 2 amide bonds. The lowest BCUT2D eigenvalue weighted by molar-refractivity contribution is -0.126. The first-order valence-corrected chi connectivity index (χ1v) is 10.3. The van der Waals surface area contributed by atoms with E-state index in [4.69, 9.17) is 4.74 Å². The summed E-state index contributed by atoms with van der Waals surface area (Å²) in [5.74, 6) is 0.917. The van der Waals surface area contributed by atoms with E-state index in [9.17, 15) is 9.59 Å². The maximum Gasteiger partial charge on any atom is 0.227 e. The predicted octanol–water partition coefficient (Wildman–Crippen LogP) is 2.06. The van der Waals surface area contributed by atoms with E-state index in [-0.39, 0.29) is 24.2 Å². The average molecular weight is 409 g/mol. The van der Waals surface area contributed by atoms with Crippen LogP contribution >= 0.6 is 0 Å². The monoisotopic (exact) mass is 409 g/mol. The Labute approximate surface area is 176 Å². The van der Waals surface area contributed by atoms with Gasteiger partial charge < -0.3 is 19.9 Å². The summed E-state index contributed by atoms with van der Waals surface area (Å²) in [7, 11) is 1.60. The molecule has 158 valence electrons. The van der Waals surface area contributed by atoms with Gasteiger partial charge in [-0.2, -0.15) is 0 Å². The molecule has 0 bridgehead atoms. The van der Waals surface area contributed by atoms with Crippen molar-refractivity contribution in [3.05, 3.63) is 41.7 Å². The summed E-state index contributed by atoms with van der Waals surface area (Å²) in [5, 5.41) is 2.95. The van der Waals surface area contributed by atoms with E-state index < -0.39 is 0 Å². The van der Waals surface area contributed by atoms with Crippen LogP contribution < -0.4 is 19.9 Å². The molecule has 8 nitrogen and oxygen atoms in total. The SMILES string of the molecule is COc1ccc(N2CC(C(=O)NCc3cc(C)nc(N4CCCC4)n3)CC2=O)cc1. The van der Waals surface area contributed by atoms with Crippen molar-refractivity contribution >= 4 is 23.5 Å². The quantitative estimate of drug-likeness (QED) is 0.786.